The minimum absolute atomic E-state index is 0.141. The normalized spacial score (nSPS) is 10.8. The molecule has 12 nitrogen and oxygen atoms in total. The van der Waals surface area contributed by atoms with E-state index in [0.717, 1.165) is 0 Å². The van der Waals surface area contributed by atoms with Gasteiger partial charge in [-0.15, -0.1) is 0 Å². The van der Waals surface area contributed by atoms with E-state index in [2.05, 4.69) is 35.2 Å². The number of hydrogen-bond donors (Lipinski definition) is 1. The van der Waals surface area contributed by atoms with Crippen molar-refractivity contribution in [1.29, 1.82) is 10.5 Å². The third-order valence-corrected chi connectivity index (χ3v) is 5.34. The van der Waals surface area contributed by atoms with Crippen LogP contribution in [0.25, 0.3) is 34.7 Å². The molecule has 40 heavy (non-hydrogen) atoms. The van der Waals surface area contributed by atoms with E-state index in [-0.39, 0.29) is 18.1 Å². The summed E-state index contributed by atoms with van der Waals surface area (Å²) in [4.78, 5) is 20.6. The number of halogens is 2. The van der Waals surface area contributed by atoms with Crippen LogP contribution in [-0.2, 0) is 6.42 Å². The van der Waals surface area contributed by atoms with Gasteiger partial charge in [0.1, 0.15) is 28.8 Å². The highest BCUT2D eigenvalue weighted by molar-refractivity contribution is 6.30. The quantitative estimate of drug-likeness (QED) is 0.231. The molecule has 1 N–H and O–H groups in total. The van der Waals surface area contributed by atoms with Crippen LogP contribution >= 0.6 is 23.2 Å². The Morgan fingerprint density at radius 2 is 1.52 bits per heavy atom. The highest BCUT2D eigenvalue weighted by atomic mass is 35.5. The van der Waals surface area contributed by atoms with Gasteiger partial charge in [-0.25, -0.2) is 15.0 Å². The van der Waals surface area contributed by atoms with Gasteiger partial charge in [-0.1, -0.05) is 39.6 Å². The van der Waals surface area contributed by atoms with Crippen LogP contribution in [0.15, 0.2) is 75.7 Å². The zero-order valence-corrected chi connectivity index (χ0v) is 22.0. The molecule has 0 saturated heterocycles. The molecule has 5 aromatic rings. The van der Waals surface area contributed by atoms with E-state index in [1.54, 1.807) is 48.5 Å². The van der Waals surface area contributed by atoms with E-state index in [0.29, 0.717) is 63.2 Å². The first-order valence-electron chi connectivity index (χ1n) is 11.5. The first-order valence-corrected chi connectivity index (χ1v) is 12.2. The Hall–Kier alpha value is -5.17. The van der Waals surface area contributed by atoms with Crippen LogP contribution in [0.3, 0.4) is 0 Å². The first kappa shape index (κ1) is 27.9. The van der Waals surface area contributed by atoms with Gasteiger partial charge in [0.2, 0.25) is 5.82 Å². The number of rotatable bonds is 7. The minimum Gasteiger partial charge on any atom is -0.513 e. The van der Waals surface area contributed by atoms with Crippen molar-refractivity contribution in [3.63, 3.8) is 0 Å². The summed E-state index contributed by atoms with van der Waals surface area (Å²) in [5.41, 5.74) is 1.81. The van der Waals surface area contributed by atoms with Crippen LogP contribution in [0, 0.1) is 22.7 Å². The van der Waals surface area contributed by atoms with Crippen molar-refractivity contribution < 1.29 is 14.2 Å². The zero-order valence-electron chi connectivity index (χ0n) is 20.4. The predicted molar refractivity (Wildman–Crippen MR) is 142 cm³/mol. The van der Waals surface area contributed by atoms with Gasteiger partial charge in [-0.05, 0) is 42.5 Å². The monoisotopic (exact) mass is 573 g/mol. The Kier molecular flexibility index (Phi) is 9.45. The Balaban J connectivity index is 0.000000185. The lowest BCUT2D eigenvalue weighted by atomic mass is 10.2. The predicted octanol–water partition coefficient (Wildman–Crippen LogP) is 5.79. The Labute approximate surface area is 237 Å². The van der Waals surface area contributed by atoms with Gasteiger partial charge in [0, 0.05) is 31.7 Å². The highest BCUT2D eigenvalue weighted by Gasteiger charge is 2.13. The van der Waals surface area contributed by atoms with Crippen molar-refractivity contribution in [2.45, 2.75) is 19.3 Å². The molecule has 5 rings (SSSR count). The number of allylic oxidation sites excluding steroid dienone is 2. The second-order valence-corrected chi connectivity index (χ2v) is 8.61. The molecule has 0 saturated carbocycles. The van der Waals surface area contributed by atoms with Gasteiger partial charge in [0.05, 0.1) is 21.9 Å². The van der Waals surface area contributed by atoms with E-state index in [4.69, 9.17) is 42.8 Å². The molecule has 0 radical (unpaired) electrons. The average Bonchev–Trinajstić information content (AvgIpc) is 3.67. The van der Waals surface area contributed by atoms with Gasteiger partial charge in [-0.2, -0.15) is 20.5 Å². The fraction of sp³-hybridized carbons (Fsp3) is 0.115. The smallest absolute Gasteiger partial charge is 0.276 e. The zero-order chi connectivity index (χ0) is 28.3. The molecule has 5 heterocycles. The molecule has 14 heteroatoms. The third kappa shape index (κ3) is 7.68. The molecular formula is C26H17Cl2N9O3. The summed E-state index contributed by atoms with van der Waals surface area (Å²) in [6.45, 7) is 0. The molecule has 0 unspecified atom stereocenters. The lowest BCUT2D eigenvalue weighted by Gasteiger charge is -1.93. The van der Waals surface area contributed by atoms with Crippen molar-refractivity contribution in [3.05, 3.63) is 88.3 Å². The van der Waals surface area contributed by atoms with Crippen molar-refractivity contribution in [2.24, 2.45) is 0 Å². The number of aromatic nitrogens is 7. The van der Waals surface area contributed by atoms with Gasteiger partial charge in [0.15, 0.2) is 5.82 Å². The summed E-state index contributed by atoms with van der Waals surface area (Å²) >= 11 is 11.5. The van der Waals surface area contributed by atoms with Crippen LogP contribution in [0.2, 0.25) is 10.0 Å². The van der Waals surface area contributed by atoms with E-state index in [9.17, 15) is 5.11 Å². The topological polar surface area (TPSA) is 184 Å². The van der Waals surface area contributed by atoms with Crippen molar-refractivity contribution in [3.8, 4) is 46.8 Å². The molecular weight excluding hydrogens is 557 g/mol. The summed E-state index contributed by atoms with van der Waals surface area (Å²) in [6, 6.07) is 15.6. The fourth-order valence-corrected chi connectivity index (χ4v) is 3.22. The Morgan fingerprint density at radius 1 is 0.850 bits per heavy atom. The Morgan fingerprint density at radius 3 is 2.15 bits per heavy atom. The van der Waals surface area contributed by atoms with E-state index < -0.39 is 0 Å². The van der Waals surface area contributed by atoms with E-state index in [1.807, 2.05) is 12.1 Å². The van der Waals surface area contributed by atoms with Crippen LogP contribution in [-0.4, -0.2) is 40.3 Å². The number of aliphatic hydroxyl groups excluding tert-OH is 1. The summed E-state index contributed by atoms with van der Waals surface area (Å²) < 4.78 is 10.2. The average molecular weight is 574 g/mol. The fourth-order valence-electron chi connectivity index (χ4n) is 2.99. The van der Waals surface area contributed by atoms with Gasteiger partial charge < -0.3 is 14.2 Å². The van der Waals surface area contributed by atoms with Crippen LogP contribution in [0.4, 0.5) is 0 Å². The molecule has 0 amide bonds. The standard InChI is InChI=1S/C13H6ClN5O.C13H11ClN4O2/c14-8-4-5-11(16-7-8)13-18-12(19-20-13)10-3-1-2-9(6-15)17-10;14-9-3-5-11(16-8-9)13-17-12(18-20-13)6-4-10(19)2-1-7-15/h1-5,7H;3-5,8,19H,1-2,6H2/b;10-4+. The van der Waals surface area contributed by atoms with E-state index in [1.165, 1.54) is 12.4 Å². The van der Waals surface area contributed by atoms with E-state index >= 15 is 0 Å². The maximum atomic E-state index is 9.49. The van der Waals surface area contributed by atoms with Crippen LogP contribution < -0.4 is 0 Å². The molecule has 0 spiro atoms. The number of aliphatic hydroxyl groups is 1. The molecule has 0 aliphatic rings. The number of nitrogens with zero attached hydrogens (tertiary/aromatic N) is 9. The van der Waals surface area contributed by atoms with Crippen LogP contribution in [0.5, 0.6) is 0 Å². The maximum Gasteiger partial charge on any atom is 0.276 e. The molecule has 0 fully saturated rings. The first-order chi connectivity index (χ1) is 19.4. The molecule has 0 bridgehead atoms. The largest absolute Gasteiger partial charge is 0.513 e. The maximum absolute atomic E-state index is 9.49. The number of pyridine rings is 3. The molecule has 5 aromatic heterocycles. The molecule has 0 aliphatic carbocycles. The summed E-state index contributed by atoms with van der Waals surface area (Å²) in [5, 5.41) is 35.4. The minimum atomic E-state index is 0.141. The number of hydrogen-bond acceptors (Lipinski definition) is 12. The van der Waals surface area contributed by atoms with Crippen molar-refractivity contribution >= 4 is 23.2 Å². The molecule has 0 aliphatic heterocycles. The van der Waals surface area contributed by atoms with Gasteiger partial charge in [-0.3, -0.25) is 0 Å². The SMILES string of the molecule is N#CCC/C(O)=C\Cc1noc(-c2ccc(Cl)cn2)n1.N#Cc1cccc(-c2noc(-c3ccc(Cl)cn3)n2)n1. The lowest BCUT2D eigenvalue weighted by Crippen LogP contribution is -1.89. The molecule has 198 valence electrons. The number of nitriles is 2. The van der Waals surface area contributed by atoms with Crippen molar-refractivity contribution in [1.82, 2.24) is 35.2 Å². The molecule has 0 atom stereocenters. The summed E-state index contributed by atoms with van der Waals surface area (Å²) in [6.07, 6.45) is 5.47. The third-order valence-electron chi connectivity index (χ3n) is 4.89. The lowest BCUT2D eigenvalue weighted by molar-refractivity contribution is 0.386. The van der Waals surface area contributed by atoms with Gasteiger partial charge in [0.25, 0.3) is 11.8 Å². The summed E-state index contributed by atoms with van der Waals surface area (Å²) in [7, 11) is 0. The Bertz CT molecular complexity index is 1690. The van der Waals surface area contributed by atoms with Crippen LogP contribution in [0.1, 0.15) is 24.4 Å². The highest BCUT2D eigenvalue weighted by Crippen LogP contribution is 2.21. The second-order valence-electron chi connectivity index (χ2n) is 7.74. The van der Waals surface area contributed by atoms with Gasteiger partial charge >= 0.3 is 0 Å². The second kappa shape index (κ2) is 13.6. The summed E-state index contributed by atoms with van der Waals surface area (Å²) in [5.74, 6) is 1.43. The molecule has 0 aromatic carbocycles. The van der Waals surface area contributed by atoms with Crippen molar-refractivity contribution in [2.75, 3.05) is 0 Å².